The van der Waals surface area contributed by atoms with Crippen molar-refractivity contribution in [1.29, 1.82) is 0 Å². The molecule has 0 spiro atoms. The Morgan fingerprint density at radius 1 is 0.857 bits per heavy atom. The van der Waals surface area contributed by atoms with Crippen molar-refractivity contribution in [2.45, 2.75) is 23.6 Å². The summed E-state index contributed by atoms with van der Waals surface area (Å²) in [6.45, 7) is 0.340. The van der Waals surface area contributed by atoms with Crippen molar-refractivity contribution in [2.75, 3.05) is 12.3 Å². The molecule has 4 aromatic rings. The van der Waals surface area contributed by atoms with E-state index in [9.17, 15) is 19.7 Å². The van der Waals surface area contributed by atoms with Crippen molar-refractivity contribution in [3.05, 3.63) is 148 Å². The molecule has 0 bridgehead atoms. The Labute approximate surface area is 247 Å². The minimum Gasteiger partial charge on any atom is -0.445 e. The van der Waals surface area contributed by atoms with Crippen LogP contribution in [0.4, 0.5) is 10.5 Å². The third kappa shape index (κ3) is 6.45. The number of benzene rings is 4. The Bertz CT molecular complexity index is 1410. The van der Waals surface area contributed by atoms with Crippen LogP contribution in [0.3, 0.4) is 0 Å². The number of hydrogen-bond donors (Lipinski definition) is 3. The van der Waals surface area contributed by atoms with Crippen molar-refractivity contribution >= 4 is 29.4 Å². The summed E-state index contributed by atoms with van der Waals surface area (Å²) >= 11 is 1.53. The zero-order valence-electron chi connectivity index (χ0n) is 22.6. The van der Waals surface area contributed by atoms with Crippen LogP contribution in [0, 0.1) is 10.1 Å². The molecule has 0 saturated carbocycles. The van der Waals surface area contributed by atoms with Crippen molar-refractivity contribution in [3.8, 4) is 0 Å². The fourth-order valence-corrected chi connectivity index (χ4v) is 5.99. The second kappa shape index (κ2) is 13.3. The lowest BCUT2D eigenvalue weighted by atomic mass is 9.76. The van der Waals surface area contributed by atoms with E-state index in [0.29, 0.717) is 17.9 Å². The molecule has 5 rings (SSSR count). The molecule has 1 aliphatic rings. The zero-order chi connectivity index (χ0) is 29.4. The molecule has 1 saturated heterocycles. The van der Waals surface area contributed by atoms with Gasteiger partial charge in [0.25, 0.3) is 5.69 Å². The molecule has 3 N–H and O–H groups in total. The first-order chi connectivity index (χ1) is 20.5. The van der Waals surface area contributed by atoms with Gasteiger partial charge in [-0.1, -0.05) is 91.0 Å². The summed E-state index contributed by atoms with van der Waals surface area (Å²) < 4.78 is 5.22. The van der Waals surface area contributed by atoms with Gasteiger partial charge >= 0.3 is 6.09 Å². The number of amides is 2. The normalized spacial score (nSPS) is 16.1. The monoisotopic (exact) mass is 582 g/mol. The van der Waals surface area contributed by atoms with Crippen LogP contribution < -0.4 is 16.0 Å². The number of nitro groups is 1. The van der Waals surface area contributed by atoms with E-state index in [2.05, 4.69) is 52.3 Å². The molecule has 1 heterocycles. The number of hydrogen-bond acceptors (Lipinski definition) is 7. The number of nitrogens with one attached hydrogen (secondary N) is 3. The first-order valence-electron chi connectivity index (χ1n) is 13.5. The highest BCUT2D eigenvalue weighted by Crippen LogP contribution is 2.38. The number of thioether (sulfide) groups is 1. The Kier molecular flexibility index (Phi) is 9.15. The van der Waals surface area contributed by atoms with Gasteiger partial charge in [-0.25, -0.2) is 4.79 Å². The van der Waals surface area contributed by atoms with Crippen molar-refractivity contribution in [3.63, 3.8) is 0 Å². The predicted octanol–water partition coefficient (Wildman–Crippen LogP) is 4.96. The van der Waals surface area contributed by atoms with E-state index in [1.807, 2.05) is 54.6 Å². The van der Waals surface area contributed by atoms with E-state index in [-0.39, 0.29) is 23.6 Å². The lowest BCUT2D eigenvalue weighted by Gasteiger charge is -2.45. The van der Waals surface area contributed by atoms with Gasteiger partial charge in [-0.15, -0.1) is 11.8 Å². The molecule has 2 amide bonds. The van der Waals surface area contributed by atoms with E-state index in [0.717, 1.165) is 16.7 Å². The number of nitrogens with zero attached hydrogens (tertiary/aromatic N) is 1. The van der Waals surface area contributed by atoms with Crippen LogP contribution in [0.5, 0.6) is 0 Å². The quantitative estimate of drug-likeness (QED) is 0.0710. The summed E-state index contributed by atoms with van der Waals surface area (Å²) in [6, 6.07) is 35.7. The molecule has 0 unspecified atom stereocenters. The number of non-ortho nitro benzene ring substituents is 1. The molecule has 2 atom stereocenters. The molecule has 10 heteroatoms. The maximum Gasteiger partial charge on any atom is 0.407 e. The van der Waals surface area contributed by atoms with Gasteiger partial charge in [0.2, 0.25) is 5.91 Å². The average Bonchev–Trinajstić information content (AvgIpc) is 3.03. The van der Waals surface area contributed by atoms with Gasteiger partial charge in [0, 0.05) is 24.4 Å². The molecule has 214 valence electrons. The number of carbonyl (C=O) groups excluding carboxylic acids is 2. The number of rotatable bonds is 12. The van der Waals surface area contributed by atoms with E-state index >= 15 is 0 Å². The number of carbonyl (C=O) groups is 2. The molecule has 1 aliphatic heterocycles. The third-order valence-corrected chi connectivity index (χ3v) is 8.24. The van der Waals surface area contributed by atoms with Crippen LogP contribution in [0.15, 0.2) is 115 Å². The van der Waals surface area contributed by atoms with Crippen LogP contribution in [0.1, 0.15) is 22.3 Å². The van der Waals surface area contributed by atoms with Gasteiger partial charge in [-0.3, -0.25) is 20.2 Å². The summed E-state index contributed by atoms with van der Waals surface area (Å²) in [5.74, 6) is 0.459. The first-order valence-corrected chi connectivity index (χ1v) is 14.5. The van der Waals surface area contributed by atoms with Gasteiger partial charge in [0.05, 0.1) is 15.8 Å². The lowest BCUT2D eigenvalue weighted by Crippen LogP contribution is -2.70. The fourth-order valence-electron chi connectivity index (χ4n) is 4.93. The summed E-state index contributed by atoms with van der Waals surface area (Å²) in [7, 11) is 0. The van der Waals surface area contributed by atoms with Crippen molar-refractivity contribution in [2.24, 2.45) is 0 Å². The standard InChI is InChI=1S/C32H30N4O5S/c37-29-28(30(34-29)42-21-20-33-31(38)41-22-23-16-18-27(19-17-23)36(39)40)35-32(24-10-4-1-5-11-24,25-12-6-2-7-13-25)26-14-8-3-9-15-26/h1-19,28,30,35H,20-22H2,(H,33,38)(H,34,37)/t28-,30+/m1/s1. The number of alkyl carbamates (subject to hydrolysis) is 1. The molecule has 0 aliphatic carbocycles. The van der Waals surface area contributed by atoms with Crippen LogP contribution >= 0.6 is 11.8 Å². The van der Waals surface area contributed by atoms with E-state index in [1.54, 1.807) is 12.1 Å². The molecule has 0 radical (unpaired) electrons. The maximum absolute atomic E-state index is 12.9. The summed E-state index contributed by atoms with van der Waals surface area (Å²) in [4.78, 5) is 35.4. The van der Waals surface area contributed by atoms with E-state index < -0.39 is 22.6 Å². The minimum atomic E-state index is -0.773. The summed E-state index contributed by atoms with van der Waals surface area (Å²) in [6.07, 6.45) is -0.586. The molecule has 0 aromatic heterocycles. The Balaban J connectivity index is 1.22. The predicted molar refractivity (Wildman–Crippen MR) is 162 cm³/mol. The number of nitro benzene ring substituents is 1. The topological polar surface area (TPSA) is 123 Å². The number of β-lactam (4-membered cyclic amide) rings is 1. The van der Waals surface area contributed by atoms with E-state index in [1.165, 1.54) is 23.9 Å². The highest BCUT2D eigenvalue weighted by atomic mass is 32.2. The lowest BCUT2D eigenvalue weighted by molar-refractivity contribution is -0.384. The average molecular weight is 583 g/mol. The molecular formula is C32H30N4O5S. The van der Waals surface area contributed by atoms with E-state index in [4.69, 9.17) is 4.74 Å². The zero-order valence-corrected chi connectivity index (χ0v) is 23.5. The minimum absolute atomic E-state index is 0.00217. The van der Waals surface area contributed by atoms with Gasteiger partial charge in [0.1, 0.15) is 12.6 Å². The first kappa shape index (κ1) is 28.8. The molecule has 9 nitrogen and oxygen atoms in total. The summed E-state index contributed by atoms with van der Waals surface area (Å²) in [5.41, 5.74) is 2.90. The van der Waals surface area contributed by atoms with Crippen LogP contribution in [0.25, 0.3) is 0 Å². The molecular weight excluding hydrogens is 552 g/mol. The highest BCUT2D eigenvalue weighted by Gasteiger charge is 2.47. The maximum atomic E-state index is 12.9. The molecule has 4 aromatic carbocycles. The second-order valence-corrected chi connectivity index (χ2v) is 10.9. The second-order valence-electron chi connectivity index (χ2n) is 9.70. The smallest absolute Gasteiger partial charge is 0.407 e. The Hall–Kier alpha value is -4.67. The van der Waals surface area contributed by atoms with Gasteiger partial charge in [-0.05, 0) is 34.4 Å². The van der Waals surface area contributed by atoms with Crippen molar-refractivity contribution < 1.29 is 19.2 Å². The van der Waals surface area contributed by atoms with Crippen LogP contribution in [-0.4, -0.2) is 40.6 Å². The molecule has 1 fully saturated rings. The van der Waals surface area contributed by atoms with Crippen LogP contribution in [0.2, 0.25) is 0 Å². The third-order valence-electron chi connectivity index (χ3n) is 7.05. The largest absolute Gasteiger partial charge is 0.445 e. The summed E-state index contributed by atoms with van der Waals surface area (Å²) in [5, 5.41) is 20.0. The Morgan fingerprint density at radius 3 is 1.86 bits per heavy atom. The SMILES string of the molecule is O=C(NCCS[C@@H]1NC(=O)[C@H]1NC(c1ccccc1)(c1ccccc1)c1ccccc1)OCc1ccc([N+](=O)[O-])cc1. The van der Waals surface area contributed by atoms with Gasteiger partial charge in [-0.2, -0.15) is 0 Å². The van der Waals surface area contributed by atoms with Gasteiger partial charge in [0.15, 0.2) is 0 Å². The number of ether oxygens (including phenoxy) is 1. The Morgan fingerprint density at radius 2 is 1.38 bits per heavy atom. The fraction of sp³-hybridized carbons (Fsp3) is 0.188. The molecule has 42 heavy (non-hydrogen) atoms. The highest BCUT2D eigenvalue weighted by molar-refractivity contribution is 8.00. The van der Waals surface area contributed by atoms with Crippen molar-refractivity contribution in [1.82, 2.24) is 16.0 Å². The van der Waals surface area contributed by atoms with Crippen LogP contribution in [-0.2, 0) is 21.7 Å². The van der Waals surface area contributed by atoms with Gasteiger partial charge < -0.3 is 15.4 Å².